The molecule has 2 nitrogen and oxygen atoms in total. The highest BCUT2D eigenvalue weighted by Gasteiger charge is 2.36. The molecule has 0 heterocycles. The Balaban J connectivity index is 2.07. The Labute approximate surface area is 152 Å². The second-order valence-electron chi connectivity index (χ2n) is 6.22. The second-order valence-corrected chi connectivity index (χ2v) is 7.38. The molecule has 1 saturated carbocycles. The van der Waals surface area contributed by atoms with Crippen LogP contribution in [0.2, 0.25) is 0 Å². The van der Waals surface area contributed by atoms with E-state index in [1.54, 1.807) is 14.2 Å². The topological polar surface area (TPSA) is 18.5 Å². The fourth-order valence-corrected chi connectivity index (χ4v) is 4.51. The summed E-state index contributed by atoms with van der Waals surface area (Å²) < 4.78 is 11.9. The Bertz CT molecular complexity index is 658. The lowest BCUT2D eigenvalue weighted by molar-refractivity contribution is 0.344. The van der Waals surface area contributed by atoms with Gasteiger partial charge in [0, 0.05) is 5.41 Å². The largest absolute Gasteiger partial charge is 0.497 e. The normalized spacial score (nSPS) is 16.8. The molecule has 3 heteroatoms. The van der Waals surface area contributed by atoms with Crippen LogP contribution in [-0.2, 0) is 5.41 Å². The molecule has 0 radical (unpaired) electrons. The number of hydrogen-bond donors (Lipinski definition) is 0. The number of rotatable bonds is 4. The highest BCUT2D eigenvalue weighted by Crippen LogP contribution is 2.46. The smallest absolute Gasteiger partial charge is 0.132 e. The van der Waals surface area contributed by atoms with Gasteiger partial charge in [-0.3, -0.25) is 0 Å². The van der Waals surface area contributed by atoms with E-state index in [4.69, 9.17) is 9.47 Å². The summed E-state index contributed by atoms with van der Waals surface area (Å²) in [6.07, 6.45) is 6.33. The van der Waals surface area contributed by atoms with E-state index < -0.39 is 0 Å². The second kappa shape index (κ2) is 7.12. The van der Waals surface area contributed by atoms with E-state index in [1.807, 2.05) is 0 Å². The predicted octanol–water partition coefficient (Wildman–Crippen LogP) is 5.56. The number of methoxy groups -OCH3 is 2. The standard InChI is InChI=1S/C20H23IO2/c1-22-17-9-6-15(7-10-17)20(12-4-3-5-13-20)16-8-11-19(23-2)18(21)14-16/h6-11,14H,3-5,12-13H2,1-2H3. The van der Waals surface area contributed by atoms with Gasteiger partial charge in [0.1, 0.15) is 11.5 Å². The van der Waals surface area contributed by atoms with Gasteiger partial charge in [-0.15, -0.1) is 0 Å². The first-order chi connectivity index (χ1) is 11.2. The van der Waals surface area contributed by atoms with Crippen LogP contribution in [0.3, 0.4) is 0 Å². The Kier molecular flexibility index (Phi) is 5.14. The minimum Gasteiger partial charge on any atom is -0.497 e. The van der Waals surface area contributed by atoms with Crippen molar-refractivity contribution < 1.29 is 9.47 Å². The van der Waals surface area contributed by atoms with Crippen molar-refractivity contribution in [3.8, 4) is 11.5 Å². The van der Waals surface area contributed by atoms with Gasteiger partial charge in [0.15, 0.2) is 0 Å². The van der Waals surface area contributed by atoms with E-state index >= 15 is 0 Å². The van der Waals surface area contributed by atoms with Gasteiger partial charge in [0.2, 0.25) is 0 Å². The zero-order valence-corrected chi connectivity index (χ0v) is 15.9. The Hall–Kier alpha value is -1.23. The molecule has 0 aliphatic heterocycles. The molecule has 23 heavy (non-hydrogen) atoms. The quantitative estimate of drug-likeness (QED) is 0.601. The van der Waals surface area contributed by atoms with Crippen LogP contribution in [0.15, 0.2) is 42.5 Å². The number of halogens is 1. The van der Waals surface area contributed by atoms with E-state index in [0.717, 1.165) is 11.5 Å². The van der Waals surface area contributed by atoms with Crippen LogP contribution in [0.5, 0.6) is 11.5 Å². The molecule has 2 aromatic carbocycles. The van der Waals surface area contributed by atoms with Crippen molar-refractivity contribution in [1.82, 2.24) is 0 Å². The summed E-state index contributed by atoms with van der Waals surface area (Å²) in [5.41, 5.74) is 2.93. The van der Waals surface area contributed by atoms with E-state index in [1.165, 1.54) is 46.8 Å². The van der Waals surface area contributed by atoms with Gasteiger partial charge in [0.05, 0.1) is 17.8 Å². The third-order valence-corrected chi connectivity index (χ3v) is 5.90. The SMILES string of the molecule is COc1ccc(C2(c3ccc(OC)c(I)c3)CCCCC2)cc1. The van der Waals surface area contributed by atoms with Gasteiger partial charge < -0.3 is 9.47 Å². The summed E-state index contributed by atoms with van der Waals surface area (Å²) in [5.74, 6) is 1.87. The highest BCUT2D eigenvalue weighted by atomic mass is 127. The fourth-order valence-electron chi connectivity index (χ4n) is 3.77. The van der Waals surface area contributed by atoms with Crippen LogP contribution >= 0.6 is 22.6 Å². The van der Waals surface area contributed by atoms with E-state index in [2.05, 4.69) is 65.1 Å². The van der Waals surface area contributed by atoms with Gasteiger partial charge >= 0.3 is 0 Å². The molecule has 3 rings (SSSR count). The number of ether oxygens (including phenoxy) is 2. The average Bonchev–Trinajstić information content (AvgIpc) is 2.62. The van der Waals surface area contributed by atoms with Crippen molar-refractivity contribution in [3.05, 3.63) is 57.2 Å². The van der Waals surface area contributed by atoms with Gasteiger partial charge in [-0.2, -0.15) is 0 Å². The molecule has 2 aromatic rings. The molecule has 0 unspecified atom stereocenters. The first kappa shape index (κ1) is 16.6. The minimum absolute atomic E-state index is 0.122. The highest BCUT2D eigenvalue weighted by molar-refractivity contribution is 14.1. The maximum atomic E-state index is 5.43. The first-order valence-electron chi connectivity index (χ1n) is 8.18. The Morgan fingerprint density at radius 2 is 1.48 bits per heavy atom. The average molecular weight is 422 g/mol. The zero-order valence-electron chi connectivity index (χ0n) is 13.8. The maximum absolute atomic E-state index is 5.43. The molecule has 0 aromatic heterocycles. The van der Waals surface area contributed by atoms with Crippen molar-refractivity contribution in [3.63, 3.8) is 0 Å². The molecule has 1 aliphatic carbocycles. The summed E-state index contributed by atoms with van der Waals surface area (Å²) >= 11 is 2.37. The lowest BCUT2D eigenvalue weighted by Crippen LogP contribution is -2.30. The minimum atomic E-state index is 0.122. The summed E-state index contributed by atoms with van der Waals surface area (Å²) in [6, 6.07) is 15.3. The summed E-state index contributed by atoms with van der Waals surface area (Å²) in [4.78, 5) is 0. The molecular weight excluding hydrogens is 399 g/mol. The van der Waals surface area contributed by atoms with Crippen molar-refractivity contribution in [2.45, 2.75) is 37.5 Å². The van der Waals surface area contributed by atoms with E-state index in [9.17, 15) is 0 Å². The molecule has 0 amide bonds. The van der Waals surface area contributed by atoms with Gasteiger partial charge in [0.25, 0.3) is 0 Å². The van der Waals surface area contributed by atoms with Crippen LogP contribution < -0.4 is 9.47 Å². The van der Waals surface area contributed by atoms with Crippen LogP contribution in [0, 0.1) is 3.57 Å². The monoisotopic (exact) mass is 422 g/mol. The Morgan fingerprint density at radius 1 is 0.826 bits per heavy atom. The summed E-state index contributed by atoms with van der Waals surface area (Å²) in [7, 11) is 3.45. The van der Waals surface area contributed by atoms with Crippen LogP contribution in [0.25, 0.3) is 0 Å². The van der Waals surface area contributed by atoms with Crippen molar-refractivity contribution >= 4 is 22.6 Å². The third kappa shape index (κ3) is 3.21. The molecule has 0 bridgehead atoms. The summed E-state index contributed by atoms with van der Waals surface area (Å²) in [6.45, 7) is 0. The third-order valence-electron chi connectivity index (χ3n) is 5.05. The van der Waals surface area contributed by atoms with Crippen LogP contribution in [0.4, 0.5) is 0 Å². The first-order valence-corrected chi connectivity index (χ1v) is 9.26. The lowest BCUT2D eigenvalue weighted by Gasteiger charge is -2.39. The number of benzene rings is 2. The molecule has 0 saturated heterocycles. The molecule has 0 N–H and O–H groups in total. The van der Waals surface area contributed by atoms with Gasteiger partial charge in [-0.05, 0) is 70.8 Å². The maximum Gasteiger partial charge on any atom is 0.132 e. The lowest BCUT2D eigenvalue weighted by atomic mass is 9.65. The molecule has 1 aliphatic rings. The van der Waals surface area contributed by atoms with Gasteiger partial charge in [-0.1, -0.05) is 37.5 Å². The summed E-state index contributed by atoms with van der Waals surface area (Å²) in [5, 5.41) is 0. The van der Waals surface area contributed by atoms with E-state index in [0.29, 0.717) is 0 Å². The molecule has 0 atom stereocenters. The van der Waals surface area contributed by atoms with Crippen LogP contribution in [0.1, 0.15) is 43.2 Å². The van der Waals surface area contributed by atoms with Gasteiger partial charge in [-0.25, -0.2) is 0 Å². The van der Waals surface area contributed by atoms with Crippen molar-refractivity contribution in [2.24, 2.45) is 0 Å². The van der Waals surface area contributed by atoms with E-state index in [-0.39, 0.29) is 5.41 Å². The fraction of sp³-hybridized carbons (Fsp3) is 0.400. The Morgan fingerprint density at radius 3 is 2.04 bits per heavy atom. The van der Waals surface area contributed by atoms with Crippen LogP contribution in [-0.4, -0.2) is 14.2 Å². The van der Waals surface area contributed by atoms with Crippen molar-refractivity contribution in [1.29, 1.82) is 0 Å². The molecule has 1 fully saturated rings. The molecular formula is C20H23IO2. The predicted molar refractivity (Wildman–Crippen MR) is 103 cm³/mol. The molecule has 122 valence electrons. The number of hydrogen-bond acceptors (Lipinski definition) is 2. The van der Waals surface area contributed by atoms with Crippen molar-refractivity contribution in [2.75, 3.05) is 14.2 Å². The zero-order chi connectivity index (χ0) is 16.3. The molecule has 0 spiro atoms.